The molecular weight excluding hydrogens is 383 g/mol. The van der Waals surface area contributed by atoms with Crippen LogP contribution in [-0.4, -0.2) is 23.4 Å². The molecule has 0 aliphatic carbocycles. The Balaban J connectivity index is 2.27. The summed E-state index contributed by atoms with van der Waals surface area (Å²) in [7, 11) is 0. The van der Waals surface area contributed by atoms with E-state index in [2.05, 4.69) is 5.43 Å². The smallest absolute Gasteiger partial charge is 0.418 e. The van der Waals surface area contributed by atoms with Crippen LogP contribution in [0.4, 0.5) is 24.5 Å². The van der Waals surface area contributed by atoms with Crippen molar-refractivity contribution >= 4 is 23.3 Å². The Morgan fingerprint density at radius 1 is 1.14 bits per heavy atom. The van der Waals surface area contributed by atoms with E-state index in [1.54, 1.807) is 0 Å². The van der Waals surface area contributed by atoms with E-state index in [4.69, 9.17) is 4.74 Å². The van der Waals surface area contributed by atoms with Crippen LogP contribution in [0, 0.1) is 10.1 Å². The van der Waals surface area contributed by atoms with Gasteiger partial charge in [-0.1, -0.05) is 12.1 Å². The third kappa shape index (κ3) is 4.96. The molecule has 2 N–H and O–H groups in total. The number of carbonyl (C=O) groups excluding carboxylic acids is 2. The van der Waals surface area contributed by atoms with Gasteiger partial charge in [-0.05, 0) is 25.1 Å². The number of halogens is 3. The lowest BCUT2D eigenvalue weighted by molar-refractivity contribution is -0.384. The van der Waals surface area contributed by atoms with Gasteiger partial charge >= 0.3 is 12.1 Å². The summed E-state index contributed by atoms with van der Waals surface area (Å²) in [4.78, 5) is 34.3. The highest BCUT2D eigenvalue weighted by Crippen LogP contribution is 2.34. The number of nitro benzene ring substituents is 1. The first-order valence-corrected chi connectivity index (χ1v) is 7.82. The molecule has 0 bridgehead atoms. The summed E-state index contributed by atoms with van der Waals surface area (Å²) in [6, 6.07) is 7.29. The summed E-state index contributed by atoms with van der Waals surface area (Å²) in [6.07, 6.45) is -4.66. The number of carbonyl (C=O) groups is 2. The molecule has 0 aromatic heterocycles. The van der Waals surface area contributed by atoms with Crippen molar-refractivity contribution in [2.45, 2.75) is 13.1 Å². The number of hydrazine groups is 1. The zero-order chi connectivity index (χ0) is 20.9. The molecule has 0 unspecified atom stereocenters. The molecule has 0 saturated heterocycles. The van der Waals surface area contributed by atoms with Crippen molar-refractivity contribution in [1.82, 2.24) is 5.43 Å². The van der Waals surface area contributed by atoms with Crippen molar-refractivity contribution < 1.29 is 32.4 Å². The third-order valence-corrected chi connectivity index (χ3v) is 3.45. The molecule has 28 heavy (non-hydrogen) atoms. The van der Waals surface area contributed by atoms with E-state index < -0.39 is 39.9 Å². The maximum Gasteiger partial charge on any atom is 0.418 e. The second-order valence-electron chi connectivity index (χ2n) is 5.37. The minimum absolute atomic E-state index is 0.0127. The molecule has 0 spiro atoms. The molecule has 148 valence electrons. The minimum atomic E-state index is -4.66. The Morgan fingerprint density at radius 2 is 1.79 bits per heavy atom. The number of nitrogens with one attached hydrogen (secondary N) is 2. The Labute approximate surface area is 156 Å². The van der Waals surface area contributed by atoms with E-state index in [0.717, 1.165) is 30.3 Å². The lowest BCUT2D eigenvalue weighted by atomic mass is 10.1. The quantitative estimate of drug-likeness (QED) is 0.438. The lowest BCUT2D eigenvalue weighted by Crippen LogP contribution is -2.30. The van der Waals surface area contributed by atoms with E-state index in [1.165, 1.54) is 19.1 Å². The van der Waals surface area contributed by atoms with Crippen LogP contribution in [0.15, 0.2) is 42.5 Å². The number of hydrogen-bond donors (Lipinski definition) is 2. The van der Waals surface area contributed by atoms with E-state index in [1.807, 2.05) is 5.43 Å². The number of rotatable bonds is 6. The lowest BCUT2D eigenvalue weighted by Gasteiger charge is -2.15. The average molecular weight is 397 g/mol. The van der Waals surface area contributed by atoms with Gasteiger partial charge in [0.05, 0.1) is 28.3 Å². The molecule has 0 radical (unpaired) electrons. The van der Waals surface area contributed by atoms with Gasteiger partial charge in [0.25, 0.3) is 11.6 Å². The van der Waals surface area contributed by atoms with Crippen molar-refractivity contribution in [3.63, 3.8) is 0 Å². The fourth-order valence-electron chi connectivity index (χ4n) is 2.22. The number of non-ortho nitro benzene ring substituents is 1. The van der Waals surface area contributed by atoms with Gasteiger partial charge in [-0.25, -0.2) is 4.79 Å². The second kappa shape index (κ2) is 8.37. The number of ether oxygens (including phenoxy) is 1. The standard InChI is InChI=1S/C17H14F3N3O5/c1-2-28-16(25)11-7-10(8-12(9-11)23(26)27)15(24)22-21-14-6-4-3-5-13(14)17(18,19)20/h3-9,21H,2H2,1H3,(H,22,24). The predicted molar refractivity (Wildman–Crippen MR) is 91.6 cm³/mol. The number of para-hydroxylation sites is 1. The number of hydrogen-bond acceptors (Lipinski definition) is 6. The van der Waals surface area contributed by atoms with Crippen LogP contribution in [0.3, 0.4) is 0 Å². The normalized spacial score (nSPS) is 10.9. The van der Waals surface area contributed by atoms with E-state index in [0.29, 0.717) is 0 Å². The van der Waals surface area contributed by atoms with E-state index in [9.17, 15) is 32.9 Å². The zero-order valence-electron chi connectivity index (χ0n) is 14.4. The fraction of sp³-hybridized carbons (Fsp3) is 0.176. The third-order valence-electron chi connectivity index (χ3n) is 3.45. The van der Waals surface area contributed by atoms with Crippen LogP contribution >= 0.6 is 0 Å². The number of nitrogens with zero attached hydrogens (tertiary/aromatic N) is 1. The van der Waals surface area contributed by atoms with Gasteiger partial charge in [0, 0.05) is 17.7 Å². The van der Waals surface area contributed by atoms with Crippen molar-refractivity contribution in [2.75, 3.05) is 12.0 Å². The molecule has 0 heterocycles. The number of nitro groups is 1. The molecule has 2 rings (SSSR count). The second-order valence-corrected chi connectivity index (χ2v) is 5.37. The monoisotopic (exact) mass is 397 g/mol. The van der Waals surface area contributed by atoms with Gasteiger partial charge < -0.3 is 4.74 Å². The SMILES string of the molecule is CCOC(=O)c1cc(C(=O)NNc2ccccc2C(F)(F)F)cc([N+](=O)[O-])c1. The van der Waals surface area contributed by atoms with Crippen LogP contribution < -0.4 is 10.9 Å². The summed E-state index contributed by atoms with van der Waals surface area (Å²) >= 11 is 0. The minimum Gasteiger partial charge on any atom is -0.462 e. The van der Waals surface area contributed by atoms with Gasteiger partial charge in [-0.2, -0.15) is 13.2 Å². The molecular formula is C17H14F3N3O5. The first kappa shape index (κ1) is 20.7. The highest BCUT2D eigenvalue weighted by molar-refractivity contribution is 5.99. The van der Waals surface area contributed by atoms with Crippen molar-refractivity contribution in [1.29, 1.82) is 0 Å². The topological polar surface area (TPSA) is 111 Å². The molecule has 11 heteroatoms. The Kier molecular flexibility index (Phi) is 6.18. The van der Waals surface area contributed by atoms with Crippen molar-refractivity contribution in [3.05, 3.63) is 69.3 Å². The molecule has 1 amide bonds. The van der Waals surface area contributed by atoms with Gasteiger partial charge in [0.1, 0.15) is 0 Å². The predicted octanol–water partition coefficient (Wildman–Crippen LogP) is 3.55. The maximum atomic E-state index is 13.0. The van der Waals surface area contributed by atoms with E-state index >= 15 is 0 Å². The Morgan fingerprint density at radius 3 is 2.39 bits per heavy atom. The number of anilines is 1. The molecule has 0 aliphatic rings. The van der Waals surface area contributed by atoms with Crippen LogP contribution in [0.25, 0.3) is 0 Å². The van der Waals surface area contributed by atoms with Gasteiger partial charge in [0.2, 0.25) is 0 Å². The summed E-state index contributed by atoms with van der Waals surface area (Å²) in [5.74, 6) is -1.86. The van der Waals surface area contributed by atoms with Crippen LogP contribution in [-0.2, 0) is 10.9 Å². The highest BCUT2D eigenvalue weighted by atomic mass is 19.4. The summed E-state index contributed by atoms with van der Waals surface area (Å²) in [5.41, 5.74) is 1.63. The largest absolute Gasteiger partial charge is 0.462 e. The fourth-order valence-corrected chi connectivity index (χ4v) is 2.22. The zero-order valence-corrected chi connectivity index (χ0v) is 14.4. The summed E-state index contributed by atoms with van der Waals surface area (Å²) in [6.45, 7) is 1.55. The molecule has 0 atom stereocenters. The van der Waals surface area contributed by atoms with Crippen LogP contribution in [0.2, 0.25) is 0 Å². The molecule has 0 saturated carbocycles. The summed E-state index contributed by atoms with van der Waals surface area (Å²) < 4.78 is 43.7. The number of benzene rings is 2. The molecule has 8 nitrogen and oxygen atoms in total. The van der Waals surface area contributed by atoms with E-state index in [-0.39, 0.29) is 17.7 Å². The average Bonchev–Trinajstić information content (AvgIpc) is 2.65. The van der Waals surface area contributed by atoms with Crippen LogP contribution in [0.5, 0.6) is 0 Å². The Bertz CT molecular complexity index is 915. The first-order chi connectivity index (χ1) is 13.1. The van der Waals surface area contributed by atoms with Gasteiger partial charge in [-0.15, -0.1) is 0 Å². The maximum absolute atomic E-state index is 13.0. The summed E-state index contributed by atoms with van der Waals surface area (Å²) in [5, 5.41) is 11.0. The molecule has 0 aliphatic heterocycles. The number of amides is 1. The van der Waals surface area contributed by atoms with Crippen molar-refractivity contribution in [2.24, 2.45) is 0 Å². The molecule has 0 fully saturated rings. The first-order valence-electron chi connectivity index (χ1n) is 7.82. The molecule has 2 aromatic rings. The van der Waals surface area contributed by atoms with Crippen LogP contribution in [0.1, 0.15) is 33.2 Å². The Hall–Kier alpha value is -3.63. The number of alkyl halides is 3. The number of esters is 1. The molecule has 2 aromatic carbocycles. The van der Waals surface area contributed by atoms with Gasteiger partial charge in [-0.3, -0.25) is 25.8 Å². The van der Waals surface area contributed by atoms with Crippen molar-refractivity contribution in [3.8, 4) is 0 Å². The highest BCUT2D eigenvalue weighted by Gasteiger charge is 2.33. The van der Waals surface area contributed by atoms with Gasteiger partial charge in [0.15, 0.2) is 0 Å².